The smallest absolute Gasteiger partial charge is 0.410 e. The number of hydrogen-bond acceptors (Lipinski definition) is 3. The van der Waals surface area contributed by atoms with E-state index in [0.29, 0.717) is 12.5 Å². The summed E-state index contributed by atoms with van der Waals surface area (Å²) in [5.74, 6) is 0.396. The van der Waals surface area contributed by atoms with Gasteiger partial charge < -0.3 is 15.4 Å². The number of benzene rings is 1. The van der Waals surface area contributed by atoms with Crippen LogP contribution in [-0.2, 0) is 4.74 Å². The number of ether oxygens (including phenoxy) is 1. The Morgan fingerprint density at radius 3 is 2.52 bits per heavy atom. The van der Waals surface area contributed by atoms with Crippen LogP contribution in [0.1, 0.15) is 59.1 Å². The lowest BCUT2D eigenvalue weighted by atomic mass is 9.90. The Morgan fingerprint density at radius 1 is 1.35 bits per heavy atom. The number of carbonyl (C=O) groups is 1. The maximum Gasteiger partial charge on any atom is 0.410 e. The van der Waals surface area contributed by atoms with Crippen molar-refractivity contribution in [2.75, 3.05) is 6.54 Å². The van der Waals surface area contributed by atoms with Gasteiger partial charge >= 0.3 is 6.09 Å². The highest BCUT2D eigenvalue weighted by molar-refractivity contribution is 5.69. The Bertz CT molecular complexity index is 534. The highest BCUT2D eigenvalue weighted by atomic mass is 16.6. The Hall–Kier alpha value is -1.55. The molecule has 0 spiro atoms. The third kappa shape index (κ3) is 4.71. The Morgan fingerprint density at radius 2 is 1.96 bits per heavy atom. The van der Waals surface area contributed by atoms with Crippen molar-refractivity contribution in [1.29, 1.82) is 0 Å². The van der Waals surface area contributed by atoms with Crippen molar-refractivity contribution in [2.24, 2.45) is 11.7 Å². The number of hydrogen-bond donors (Lipinski definition) is 1. The number of rotatable bonds is 3. The van der Waals surface area contributed by atoms with Crippen LogP contribution >= 0.6 is 0 Å². The summed E-state index contributed by atoms with van der Waals surface area (Å²) in [6.07, 6.45) is 1.61. The van der Waals surface area contributed by atoms with E-state index in [1.54, 1.807) is 0 Å². The van der Waals surface area contributed by atoms with Crippen LogP contribution in [-0.4, -0.2) is 28.7 Å². The average molecular weight is 318 g/mol. The highest BCUT2D eigenvalue weighted by Crippen LogP contribution is 2.37. The molecule has 1 fully saturated rings. The van der Waals surface area contributed by atoms with Crippen molar-refractivity contribution < 1.29 is 9.53 Å². The first kappa shape index (κ1) is 17.8. The highest BCUT2D eigenvalue weighted by Gasteiger charge is 2.43. The van der Waals surface area contributed by atoms with Gasteiger partial charge in [-0.15, -0.1) is 0 Å². The van der Waals surface area contributed by atoms with Gasteiger partial charge in [-0.3, -0.25) is 0 Å². The number of likely N-dealkylation sites (tertiary alicyclic amines) is 1. The van der Waals surface area contributed by atoms with Gasteiger partial charge in [-0.2, -0.15) is 0 Å². The molecule has 4 nitrogen and oxygen atoms in total. The molecule has 2 atom stereocenters. The van der Waals surface area contributed by atoms with Crippen molar-refractivity contribution in [3.8, 4) is 0 Å². The van der Waals surface area contributed by atoms with Crippen molar-refractivity contribution in [3.05, 3.63) is 35.9 Å². The molecule has 1 aromatic carbocycles. The van der Waals surface area contributed by atoms with Gasteiger partial charge in [-0.1, -0.05) is 30.3 Å². The van der Waals surface area contributed by atoms with Gasteiger partial charge in [0.1, 0.15) is 5.60 Å². The molecule has 1 saturated heterocycles. The minimum absolute atomic E-state index is 0.00980. The number of amides is 1. The molecule has 1 unspecified atom stereocenters. The Labute approximate surface area is 140 Å². The molecule has 0 bridgehead atoms. The molecule has 1 aliphatic rings. The van der Waals surface area contributed by atoms with Crippen molar-refractivity contribution >= 4 is 6.09 Å². The van der Waals surface area contributed by atoms with Gasteiger partial charge in [0, 0.05) is 18.1 Å². The zero-order valence-corrected chi connectivity index (χ0v) is 15.0. The van der Waals surface area contributed by atoms with E-state index in [1.165, 1.54) is 0 Å². The molecule has 0 aliphatic carbocycles. The normalized spacial score (nSPS) is 22.0. The molecular weight excluding hydrogens is 288 g/mol. The van der Waals surface area contributed by atoms with Gasteiger partial charge in [0.25, 0.3) is 0 Å². The lowest BCUT2D eigenvalue weighted by Crippen LogP contribution is -2.45. The molecule has 1 aromatic rings. The third-order valence-electron chi connectivity index (χ3n) is 4.39. The lowest BCUT2D eigenvalue weighted by molar-refractivity contribution is 0.0130. The number of carbonyl (C=O) groups excluding carboxylic acids is 1. The molecule has 23 heavy (non-hydrogen) atoms. The Kier molecular flexibility index (Phi) is 5.04. The summed E-state index contributed by atoms with van der Waals surface area (Å²) < 4.78 is 5.55. The summed E-state index contributed by atoms with van der Waals surface area (Å²) >= 11 is 0. The first-order valence-electron chi connectivity index (χ1n) is 8.40. The summed E-state index contributed by atoms with van der Waals surface area (Å²) in [5, 5.41) is 0. The van der Waals surface area contributed by atoms with Crippen molar-refractivity contribution in [3.63, 3.8) is 0 Å². The fraction of sp³-hybridized carbons (Fsp3) is 0.632. The summed E-state index contributed by atoms with van der Waals surface area (Å²) in [6.45, 7) is 10.6. The summed E-state index contributed by atoms with van der Waals surface area (Å²) in [4.78, 5) is 14.3. The Balaban J connectivity index is 2.00. The topological polar surface area (TPSA) is 55.6 Å². The SMILES string of the molecule is CC(C)(C)OC(=O)N1C[C@@H](CC(N)c2ccccc2)CC1(C)C. The maximum absolute atomic E-state index is 12.5. The fourth-order valence-electron chi connectivity index (χ4n) is 3.38. The molecule has 4 heteroatoms. The third-order valence-corrected chi connectivity index (χ3v) is 4.39. The van der Waals surface area contributed by atoms with Crippen LogP contribution in [0.5, 0.6) is 0 Å². The monoisotopic (exact) mass is 318 g/mol. The van der Waals surface area contributed by atoms with E-state index in [0.717, 1.165) is 18.4 Å². The molecule has 2 N–H and O–H groups in total. The van der Waals surface area contributed by atoms with Crippen LogP contribution in [0.4, 0.5) is 4.79 Å². The van der Waals surface area contributed by atoms with E-state index in [1.807, 2.05) is 43.9 Å². The molecule has 0 aromatic heterocycles. The molecular formula is C19H30N2O2. The molecule has 0 saturated carbocycles. The van der Waals surface area contributed by atoms with Crippen molar-refractivity contribution in [1.82, 2.24) is 4.90 Å². The predicted octanol–water partition coefficient (Wildman–Crippen LogP) is 4.11. The lowest BCUT2D eigenvalue weighted by Gasteiger charge is -2.33. The first-order valence-corrected chi connectivity index (χ1v) is 8.40. The van der Waals surface area contributed by atoms with E-state index in [9.17, 15) is 4.79 Å². The molecule has 0 radical (unpaired) electrons. The zero-order chi connectivity index (χ0) is 17.3. The standard InChI is InChI=1S/C19H30N2O2/c1-18(2,3)23-17(22)21-13-14(12-19(21,4)5)11-16(20)15-9-7-6-8-10-15/h6-10,14,16H,11-13,20H2,1-5H3/t14-,16?/m0/s1. The van der Waals surface area contributed by atoms with Crippen LogP contribution in [0.2, 0.25) is 0 Å². The number of nitrogens with two attached hydrogens (primary N) is 1. The van der Waals surface area contributed by atoms with Gasteiger partial charge in [-0.05, 0) is 58.9 Å². The second-order valence-corrected chi connectivity index (χ2v) is 8.23. The van der Waals surface area contributed by atoms with Crippen LogP contribution in [0, 0.1) is 5.92 Å². The van der Waals surface area contributed by atoms with Gasteiger partial charge in [-0.25, -0.2) is 4.79 Å². The van der Waals surface area contributed by atoms with E-state index in [2.05, 4.69) is 26.0 Å². The van der Waals surface area contributed by atoms with E-state index < -0.39 is 5.60 Å². The quantitative estimate of drug-likeness (QED) is 0.912. The van der Waals surface area contributed by atoms with E-state index in [4.69, 9.17) is 10.5 Å². The summed E-state index contributed by atoms with van der Waals surface area (Å²) in [7, 11) is 0. The predicted molar refractivity (Wildman–Crippen MR) is 93.1 cm³/mol. The van der Waals surface area contributed by atoms with Crippen LogP contribution in [0.15, 0.2) is 30.3 Å². The molecule has 1 heterocycles. The van der Waals surface area contributed by atoms with E-state index in [-0.39, 0.29) is 17.7 Å². The van der Waals surface area contributed by atoms with Crippen molar-refractivity contribution in [2.45, 2.75) is 64.6 Å². The fourth-order valence-corrected chi connectivity index (χ4v) is 3.38. The summed E-state index contributed by atoms with van der Waals surface area (Å²) in [5.41, 5.74) is 6.85. The zero-order valence-electron chi connectivity index (χ0n) is 15.0. The molecule has 1 amide bonds. The van der Waals surface area contributed by atoms with Crippen LogP contribution < -0.4 is 5.73 Å². The molecule has 128 valence electrons. The number of nitrogens with zero attached hydrogens (tertiary/aromatic N) is 1. The largest absolute Gasteiger partial charge is 0.444 e. The van der Waals surface area contributed by atoms with E-state index >= 15 is 0 Å². The minimum Gasteiger partial charge on any atom is -0.444 e. The van der Waals surface area contributed by atoms with Gasteiger partial charge in [0.2, 0.25) is 0 Å². The molecule has 2 rings (SSSR count). The maximum atomic E-state index is 12.5. The summed E-state index contributed by atoms with van der Waals surface area (Å²) in [6, 6.07) is 10.2. The van der Waals surface area contributed by atoms with Gasteiger partial charge in [0.05, 0.1) is 0 Å². The molecule has 1 aliphatic heterocycles. The first-order chi connectivity index (χ1) is 10.6. The van der Waals surface area contributed by atoms with Crippen LogP contribution in [0.25, 0.3) is 0 Å². The van der Waals surface area contributed by atoms with Crippen LogP contribution in [0.3, 0.4) is 0 Å². The van der Waals surface area contributed by atoms with Gasteiger partial charge in [0.15, 0.2) is 0 Å². The average Bonchev–Trinajstić information content (AvgIpc) is 2.72. The second-order valence-electron chi connectivity index (χ2n) is 8.23. The second kappa shape index (κ2) is 6.52. The minimum atomic E-state index is -0.467.